The minimum atomic E-state index is -0.134. The number of carbonyl (C=O) groups excluding carboxylic acids is 2. The van der Waals surface area contributed by atoms with E-state index in [0.717, 1.165) is 38.0 Å². The molecule has 6 rings (SSSR count). The lowest BCUT2D eigenvalue weighted by Gasteiger charge is -2.44. The van der Waals surface area contributed by atoms with Crippen LogP contribution in [0.4, 0.5) is 0 Å². The highest BCUT2D eigenvalue weighted by atomic mass is 35.5. The van der Waals surface area contributed by atoms with Crippen molar-refractivity contribution in [3.05, 3.63) is 76.6 Å². The summed E-state index contributed by atoms with van der Waals surface area (Å²) in [6, 6.07) is 14.3. The van der Waals surface area contributed by atoms with Gasteiger partial charge in [-0.15, -0.1) is 0 Å². The first-order valence-corrected chi connectivity index (χ1v) is 10.4. The number of hydrogen-bond acceptors (Lipinski definition) is 3. The van der Waals surface area contributed by atoms with E-state index in [2.05, 4.69) is 10.2 Å². The second-order valence-electron chi connectivity index (χ2n) is 7.95. The molecule has 2 bridgehead atoms. The summed E-state index contributed by atoms with van der Waals surface area (Å²) in [4.78, 5) is 28.7. The van der Waals surface area contributed by atoms with Gasteiger partial charge >= 0.3 is 0 Å². The number of halogens is 1. The number of aromatic nitrogens is 1. The number of fused-ring (bicyclic) bond motifs is 4. The fourth-order valence-corrected chi connectivity index (χ4v) is 4.76. The monoisotopic (exact) mass is 407 g/mol. The lowest BCUT2D eigenvalue weighted by atomic mass is 9.84. The molecule has 1 aromatic carbocycles. The third kappa shape index (κ3) is 3.34. The normalized spacial score (nSPS) is 23.3. The molecule has 1 N–H and O–H groups in total. The van der Waals surface area contributed by atoms with E-state index in [1.54, 1.807) is 34.7 Å². The quantitative estimate of drug-likeness (QED) is 0.672. The lowest BCUT2D eigenvalue weighted by molar-refractivity contribution is 0.0621. The third-order valence-corrected chi connectivity index (χ3v) is 6.48. The summed E-state index contributed by atoms with van der Waals surface area (Å²) in [7, 11) is 0. The Kier molecular flexibility index (Phi) is 4.64. The van der Waals surface area contributed by atoms with Crippen LogP contribution in [0.2, 0.25) is 5.02 Å². The van der Waals surface area contributed by atoms with E-state index in [4.69, 9.17) is 11.6 Å². The average molecular weight is 408 g/mol. The molecule has 148 valence electrons. The SMILES string of the molecule is O=C(N[C@H]1CN2CCC1CC2)c1cc(C(=O)c2ccc(Cl)cc2)n2ccccc12. The molecule has 0 spiro atoms. The van der Waals surface area contributed by atoms with Gasteiger partial charge in [0.05, 0.1) is 16.8 Å². The number of hydrogen-bond donors (Lipinski definition) is 1. The highest BCUT2D eigenvalue weighted by molar-refractivity contribution is 6.30. The van der Waals surface area contributed by atoms with Gasteiger partial charge in [-0.05, 0) is 74.3 Å². The van der Waals surface area contributed by atoms with Gasteiger partial charge in [-0.2, -0.15) is 0 Å². The van der Waals surface area contributed by atoms with Crippen LogP contribution in [0.25, 0.3) is 5.52 Å². The van der Waals surface area contributed by atoms with Crippen molar-refractivity contribution in [1.82, 2.24) is 14.6 Å². The number of piperidine rings is 3. The Balaban J connectivity index is 1.47. The standard InChI is InChI=1S/C23H22ClN3O2/c24-17-6-4-16(5-7-17)22(28)21-13-18(20-3-1-2-10-27(20)21)23(29)25-19-14-26-11-8-15(19)9-12-26/h1-7,10,13,15,19H,8-9,11-12,14H2,(H,25,29)/t19-/m0/s1. The number of nitrogens with one attached hydrogen (secondary N) is 1. The van der Waals surface area contributed by atoms with Crippen LogP contribution in [0.3, 0.4) is 0 Å². The summed E-state index contributed by atoms with van der Waals surface area (Å²) in [6.45, 7) is 3.18. The lowest BCUT2D eigenvalue weighted by Crippen LogP contribution is -2.57. The smallest absolute Gasteiger partial charge is 0.253 e. The predicted octanol–water partition coefficient (Wildman–Crippen LogP) is 3.65. The first-order valence-electron chi connectivity index (χ1n) is 10.0. The van der Waals surface area contributed by atoms with Crippen molar-refractivity contribution >= 4 is 28.8 Å². The Hall–Kier alpha value is -2.63. The van der Waals surface area contributed by atoms with E-state index >= 15 is 0 Å². The van der Waals surface area contributed by atoms with Gasteiger partial charge in [-0.25, -0.2) is 0 Å². The van der Waals surface area contributed by atoms with Gasteiger partial charge in [0.25, 0.3) is 5.91 Å². The summed E-state index contributed by atoms with van der Waals surface area (Å²) in [5, 5.41) is 3.82. The summed E-state index contributed by atoms with van der Waals surface area (Å²) in [6.07, 6.45) is 4.10. The molecule has 3 aromatic rings. The minimum absolute atomic E-state index is 0.109. The molecule has 0 radical (unpaired) electrons. The van der Waals surface area contributed by atoms with E-state index in [9.17, 15) is 9.59 Å². The number of rotatable bonds is 4. The summed E-state index contributed by atoms with van der Waals surface area (Å²) >= 11 is 5.95. The van der Waals surface area contributed by atoms with Crippen molar-refractivity contribution < 1.29 is 9.59 Å². The van der Waals surface area contributed by atoms with Gasteiger partial charge in [0.15, 0.2) is 0 Å². The summed E-state index contributed by atoms with van der Waals surface area (Å²) < 4.78 is 1.79. The van der Waals surface area contributed by atoms with Gasteiger partial charge in [-0.3, -0.25) is 9.59 Å². The maximum absolute atomic E-state index is 13.1. The molecule has 3 aliphatic heterocycles. The van der Waals surface area contributed by atoms with E-state index < -0.39 is 0 Å². The zero-order chi connectivity index (χ0) is 20.0. The molecule has 3 saturated heterocycles. The van der Waals surface area contributed by atoms with Crippen LogP contribution in [-0.4, -0.2) is 46.7 Å². The molecular formula is C23H22ClN3O2. The average Bonchev–Trinajstić information content (AvgIpc) is 3.14. The highest BCUT2D eigenvalue weighted by Crippen LogP contribution is 2.28. The maximum atomic E-state index is 13.1. The largest absolute Gasteiger partial charge is 0.348 e. The van der Waals surface area contributed by atoms with E-state index in [1.165, 1.54) is 0 Å². The van der Waals surface area contributed by atoms with Gasteiger partial charge in [0.2, 0.25) is 5.78 Å². The third-order valence-electron chi connectivity index (χ3n) is 6.23. The van der Waals surface area contributed by atoms with Gasteiger partial charge in [-0.1, -0.05) is 17.7 Å². The molecule has 2 aromatic heterocycles. The minimum Gasteiger partial charge on any atom is -0.348 e. The van der Waals surface area contributed by atoms with Crippen molar-refractivity contribution in [2.45, 2.75) is 18.9 Å². The molecule has 1 atom stereocenters. The number of pyridine rings is 1. The molecule has 6 heteroatoms. The van der Waals surface area contributed by atoms with Crippen LogP contribution in [0.5, 0.6) is 0 Å². The van der Waals surface area contributed by atoms with Crippen LogP contribution >= 0.6 is 11.6 Å². The second kappa shape index (κ2) is 7.32. The first-order chi connectivity index (χ1) is 14.1. The molecule has 3 fully saturated rings. The summed E-state index contributed by atoms with van der Waals surface area (Å²) in [5.41, 5.74) is 2.30. The molecule has 1 amide bonds. The molecule has 5 heterocycles. The number of nitrogens with zero attached hydrogens (tertiary/aromatic N) is 2. The Morgan fingerprint density at radius 2 is 1.79 bits per heavy atom. The maximum Gasteiger partial charge on any atom is 0.253 e. The van der Waals surface area contributed by atoms with Crippen molar-refractivity contribution in [2.75, 3.05) is 19.6 Å². The Morgan fingerprint density at radius 3 is 2.48 bits per heavy atom. The Bertz CT molecular complexity index is 1080. The van der Waals surface area contributed by atoms with Crippen LogP contribution < -0.4 is 5.32 Å². The second-order valence-corrected chi connectivity index (χ2v) is 8.39. The molecule has 0 saturated carbocycles. The zero-order valence-electron chi connectivity index (χ0n) is 16.0. The van der Waals surface area contributed by atoms with Gasteiger partial charge < -0.3 is 14.6 Å². The first kappa shape index (κ1) is 18.4. The summed E-state index contributed by atoms with van der Waals surface area (Å²) in [5.74, 6) is 0.306. The fraction of sp³-hybridized carbons (Fsp3) is 0.304. The van der Waals surface area contributed by atoms with Crippen LogP contribution in [0.1, 0.15) is 39.3 Å². The molecular weight excluding hydrogens is 386 g/mol. The molecule has 29 heavy (non-hydrogen) atoms. The number of carbonyl (C=O) groups is 2. The number of benzene rings is 1. The van der Waals surface area contributed by atoms with Crippen LogP contribution in [0, 0.1) is 5.92 Å². The van der Waals surface area contributed by atoms with E-state index in [-0.39, 0.29) is 17.7 Å². The van der Waals surface area contributed by atoms with Crippen molar-refractivity contribution in [2.24, 2.45) is 5.92 Å². The fourth-order valence-electron chi connectivity index (χ4n) is 4.63. The Labute approximate surface area is 174 Å². The van der Waals surface area contributed by atoms with Gasteiger partial charge in [0.1, 0.15) is 0 Å². The molecule has 0 unspecified atom stereocenters. The van der Waals surface area contributed by atoms with Gasteiger partial charge in [0, 0.05) is 29.4 Å². The van der Waals surface area contributed by atoms with Crippen molar-refractivity contribution in [3.63, 3.8) is 0 Å². The van der Waals surface area contributed by atoms with E-state index in [0.29, 0.717) is 27.8 Å². The van der Waals surface area contributed by atoms with Crippen molar-refractivity contribution in [3.8, 4) is 0 Å². The van der Waals surface area contributed by atoms with E-state index in [1.807, 2.05) is 24.4 Å². The van der Waals surface area contributed by atoms with Crippen molar-refractivity contribution in [1.29, 1.82) is 0 Å². The topological polar surface area (TPSA) is 53.8 Å². The number of amides is 1. The predicted molar refractivity (Wildman–Crippen MR) is 113 cm³/mol. The molecule has 3 aliphatic rings. The molecule has 0 aliphatic carbocycles. The number of ketones is 1. The Morgan fingerprint density at radius 1 is 1.03 bits per heavy atom. The van der Waals surface area contributed by atoms with Crippen LogP contribution in [-0.2, 0) is 0 Å². The van der Waals surface area contributed by atoms with Crippen LogP contribution in [0.15, 0.2) is 54.7 Å². The zero-order valence-corrected chi connectivity index (χ0v) is 16.7. The highest BCUT2D eigenvalue weighted by Gasteiger charge is 2.35. The molecule has 5 nitrogen and oxygen atoms in total.